The van der Waals surface area contributed by atoms with Crippen molar-refractivity contribution in [1.82, 2.24) is 14.9 Å². The Kier molecular flexibility index (Phi) is 5.48. The Morgan fingerprint density at radius 1 is 1.37 bits per heavy atom. The zero-order valence-corrected chi connectivity index (χ0v) is 16.8. The molecule has 9 heteroatoms. The highest BCUT2D eigenvalue weighted by atomic mass is 35.5. The molecule has 3 aromatic rings. The smallest absolute Gasteiger partial charge is 0.285 e. The summed E-state index contributed by atoms with van der Waals surface area (Å²) in [5, 5.41) is 14.9. The number of halogens is 2. The van der Waals surface area contributed by atoms with Crippen molar-refractivity contribution in [2.45, 2.75) is 6.42 Å². The van der Waals surface area contributed by atoms with Crippen molar-refractivity contribution in [1.29, 1.82) is 0 Å². The molecule has 1 saturated heterocycles. The summed E-state index contributed by atoms with van der Waals surface area (Å²) >= 11 is 5.83. The Labute approximate surface area is 177 Å². The van der Waals surface area contributed by atoms with Gasteiger partial charge in [-0.3, -0.25) is 10.1 Å². The molecular weight excluding hydrogens is 409 g/mol. The SMILES string of the molecule is CN1CCC(C#Cc2cc3ncnc(Nc4cccc(Cl)c4F)c3cc2[N+](=O)[O-])C1. The van der Waals surface area contributed by atoms with E-state index in [1.54, 1.807) is 12.1 Å². The lowest BCUT2D eigenvalue weighted by Crippen LogP contribution is -2.13. The van der Waals surface area contributed by atoms with Crippen LogP contribution in [-0.4, -0.2) is 39.9 Å². The summed E-state index contributed by atoms with van der Waals surface area (Å²) in [7, 11) is 2.02. The van der Waals surface area contributed by atoms with Gasteiger partial charge in [0, 0.05) is 23.9 Å². The molecule has 1 N–H and O–H groups in total. The van der Waals surface area contributed by atoms with Gasteiger partial charge in [0.25, 0.3) is 5.69 Å². The topological polar surface area (TPSA) is 84.2 Å². The van der Waals surface area contributed by atoms with Crippen molar-refractivity contribution in [2.75, 3.05) is 25.5 Å². The number of nitro benzene ring substituents is 1. The maximum Gasteiger partial charge on any atom is 0.285 e. The van der Waals surface area contributed by atoms with Crippen LogP contribution in [0, 0.1) is 33.7 Å². The second-order valence-electron chi connectivity index (χ2n) is 7.11. The van der Waals surface area contributed by atoms with E-state index in [0.29, 0.717) is 16.5 Å². The second-order valence-corrected chi connectivity index (χ2v) is 7.52. The van der Waals surface area contributed by atoms with Crippen LogP contribution in [0.15, 0.2) is 36.7 Å². The number of nitrogens with zero attached hydrogens (tertiary/aromatic N) is 4. The first-order valence-electron chi connectivity index (χ1n) is 9.26. The number of anilines is 2. The van der Waals surface area contributed by atoms with Crippen LogP contribution in [0.25, 0.3) is 10.9 Å². The van der Waals surface area contributed by atoms with E-state index in [2.05, 4.69) is 32.0 Å². The van der Waals surface area contributed by atoms with Gasteiger partial charge in [-0.25, -0.2) is 14.4 Å². The van der Waals surface area contributed by atoms with Crippen LogP contribution in [0.1, 0.15) is 12.0 Å². The van der Waals surface area contributed by atoms with Crippen molar-refractivity contribution >= 4 is 39.7 Å². The monoisotopic (exact) mass is 425 g/mol. The number of fused-ring (bicyclic) bond motifs is 1. The van der Waals surface area contributed by atoms with Gasteiger partial charge in [-0.1, -0.05) is 29.5 Å². The summed E-state index contributed by atoms with van der Waals surface area (Å²) in [6.07, 6.45) is 2.24. The summed E-state index contributed by atoms with van der Waals surface area (Å²) < 4.78 is 14.3. The zero-order chi connectivity index (χ0) is 21.3. The van der Waals surface area contributed by atoms with Crippen molar-refractivity contribution < 1.29 is 9.31 Å². The van der Waals surface area contributed by atoms with Gasteiger partial charge >= 0.3 is 0 Å². The fourth-order valence-electron chi connectivity index (χ4n) is 3.40. The average molecular weight is 426 g/mol. The van der Waals surface area contributed by atoms with Crippen LogP contribution in [-0.2, 0) is 0 Å². The molecule has 1 unspecified atom stereocenters. The van der Waals surface area contributed by atoms with E-state index in [1.807, 2.05) is 7.05 Å². The van der Waals surface area contributed by atoms with Gasteiger partial charge in [-0.05, 0) is 38.2 Å². The van der Waals surface area contributed by atoms with Gasteiger partial charge in [-0.2, -0.15) is 0 Å². The van der Waals surface area contributed by atoms with Gasteiger partial charge in [0.15, 0.2) is 5.82 Å². The molecule has 0 amide bonds. The standard InChI is InChI=1S/C21H17ClFN5O2/c1-27-8-7-13(11-27)5-6-14-9-18-15(10-19(14)28(29)30)21(25-12-24-18)26-17-4-2-3-16(22)20(17)23/h2-4,9-10,12-13H,7-8,11H2,1H3,(H,24,25,26). The highest BCUT2D eigenvalue weighted by Gasteiger charge is 2.20. The minimum atomic E-state index is -0.635. The van der Waals surface area contributed by atoms with E-state index in [0.717, 1.165) is 19.5 Å². The first-order chi connectivity index (χ1) is 14.4. The Balaban J connectivity index is 1.76. The highest BCUT2D eigenvalue weighted by Crippen LogP contribution is 2.31. The summed E-state index contributed by atoms with van der Waals surface area (Å²) in [5.41, 5.74) is 0.721. The third kappa shape index (κ3) is 4.03. The molecule has 7 nitrogen and oxygen atoms in total. The first kappa shape index (κ1) is 20.0. The van der Waals surface area contributed by atoms with Crippen LogP contribution >= 0.6 is 11.6 Å². The van der Waals surface area contributed by atoms with Gasteiger partial charge in [0.2, 0.25) is 0 Å². The highest BCUT2D eigenvalue weighted by molar-refractivity contribution is 6.31. The molecule has 1 aromatic heterocycles. The molecular formula is C21H17ClFN5O2. The third-order valence-electron chi connectivity index (χ3n) is 4.96. The van der Waals surface area contributed by atoms with Gasteiger partial charge in [0.05, 0.1) is 21.2 Å². The molecule has 4 rings (SSSR count). The molecule has 1 aliphatic rings. The molecule has 0 radical (unpaired) electrons. The van der Waals surface area contributed by atoms with E-state index in [9.17, 15) is 14.5 Å². The molecule has 0 saturated carbocycles. The summed E-state index contributed by atoms with van der Waals surface area (Å²) in [6, 6.07) is 7.46. The maximum atomic E-state index is 14.3. The number of aromatic nitrogens is 2. The molecule has 2 heterocycles. The lowest BCUT2D eigenvalue weighted by atomic mass is 10.1. The molecule has 0 spiro atoms. The number of nitrogens with one attached hydrogen (secondary N) is 1. The third-order valence-corrected chi connectivity index (χ3v) is 5.25. The lowest BCUT2D eigenvalue weighted by Gasteiger charge is -2.10. The number of likely N-dealkylation sites (tertiary alicyclic amines) is 1. The Bertz CT molecular complexity index is 1210. The van der Waals surface area contributed by atoms with Gasteiger partial charge in [-0.15, -0.1) is 0 Å². The molecule has 1 fully saturated rings. The number of benzene rings is 2. The Hall–Kier alpha value is -3.28. The van der Waals surface area contributed by atoms with Crippen molar-refractivity contribution in [3.8, 4) is 11.8 Å². The van der Waals surface area contributed by atoms with Gasteiger partial charge in [0.1, 0.15) is 17.7 Å². The van der Waals surface area contributed by atoms with Crippen molar-refractivity contribution in [3.05, 3.63) is 63.2 Å². The summed E-state index contributed by atoms with van der Waals surface area (Å²) in [6.45, 7) is 1.80. The van der Waals surface area contributed by atoms with E-state index < -0.39 is 10.7 Å². The largest absolute Gasteiger partial charge is 0.337 e. The van der Waals surface area contributed by atoms with Crippen LogP contribution in [0.4, 0.5) is 21.6 Å². The van der Waals surface area contributed by atoms with E-state index in [4.69, 9.17) is 11.6 Å². The minimum absolute atomic E-state index is 0.0422. The number of hydrogen-bond acceptors (Lipinski definition) is 6. The first-order valence-corrected chi connectivity index (χ1v) is 9.64. The average Bonchev–Trinajstić information content (AvgIpc) is 3.14. The predicted octanol–water partition coefficient (Wildman–Crippen LogP) is 4.38. The van der Waals surface area contributed by atoms with Crippen LogP contribution in [0.3, 0.4) is 0 Å². The molecule has 30 heavy (non-hydrogen) atoms. The molecule has 2 aromatic carbocycles. The molecule has 0 bridgehead atoms. The number of hydrogen-bond donors (Lipinski definition) is 1. The quantitative estimate of drug-likeness (QED) is 0.381. The fourth-order valence-corrected chi connectivity index (χ4v) is 3.58. The molecule has 152 valence electrons. The molecule has 1 atom stereocenters. The zero-order valence-electron chi connectivity index (χ0n) is 16.0. The number of nitro groups is 1. The maximum absolute atomic E-state index is 14.3. The number of rotatable bonds is 3. The summed E-state index contributed by atoms with van der Waals surface area (Å²) in [4.78, 5) is 21.7. The predicted molar refractivity (Wildman–Crippen MR) is 113 cm³/mol. The lowest BCUT2D eigenvalue weighted by molar-refractivity contribution is -0.385. The van der Waals surface area contributed by atoms with Crippen LogP contribution < -0.4 is 5.32 Å². The summed E-state index contributed by atoms with van der Waals surface area (Å²) in [5.74, 6) is 5.88. The normalized spacial score (nSPS) is 16.3. The minimum Gasteiger partial charge on any atom is -0.337 e. The Morgan fingerprint density at radius 3 is 2.93 bits per heavy atom. The van der Waals surface area contributed by atoms with Crippen molar-refractivity contribution in [2.24, 2.45) is 5.92 Å². The Morgan fingerprint density at radius 2 is 2.20 bits per heavy atom. The second kappa shape index (κ2) is 8.22. The van der Waals surface area contributed by atoms with E-state index in [1.165, 1.54) is 24.5 Å². The van der Waals surface area contributed by atoms with Crippen LogP contribution in [0.5, 0.6) is 0 Å². The molecule has 1 aliphatic heterocycles. The van der Waals surface area contributed by atoms with Crippen LogP contribution in [0.2, 0.25) is 5.02 Å². The fraction of sp³-hybridized carbons (Fsp3) is 0.238. The van der Waals surface area contributed by atoms with E-state index >= 15 is 0 Å². The van der Waals surface area contributed by atoms with Crippen molar-refractivity contribution in [3.63, 3.8) is 0 Å². The van der Waals surface area contributed by atoms with Gasteiger partial charge < -0.3 is 10.2 Å². The van der Waals surface area contributed by atoms with E-state index in [-0.39, 0.29) is 28.1 Å². The molecule has 0 aliphatic carbocycles.